The third-order valence-electron chi connectivity index (χ3n) is 3.69. The Morgan fingerprint density at radius 3 is 2.50 bits per heavy atom. The van der Waals surface area contributed by atoms with Gasteiger partial charge in [0.2, 0.25) is 0 Å². The number of Topliss-reactive ketones (excluding diaryl/α,β-unsaturated/α-hetero) is 1. The molecule has 24 heavy (non-hydrogen) atoms. The molecule has 0 aliphatic carbocycles. The molecule has 0 amide bonds. The predicted octanol–water partition coefficient (Wildman–Crippen LogP) is 4.68. The molecule has 4 heteroatoms. The normalized spacial score (nSPS) is 11.7. The van der Waals surface area contributed by atoms with Gasteiger partial charge in [-0.2, -0.15) is 0 Å². The summed E-state index contributed by atoms with van der Waals surface area (Å²) in [6, 6.07) is 17.7. The molecule has 0 spiro atoms. The summed E-state index contributed by atoms with van der Waals surface area (Å²) in [5, 5.41) is 0.163. The van der Waals surface area contributed by atoms with E-state index in [-0.39, 0.29) is 11.0 Å². The van der Waals surface area contributed by atoms with Crippen LogP contribution in [0.1, 0.15) is 35.2 Å². The van der Waals surface area contributed by atoms with Crippen molar-refractivity contribution in [3.8, 4) is 0 Å². The number of hydrogen-bond acceptors (Lipinski definition) is 4. The molecule has 1 atom stereocenters. The van der Waals surface area contributed by atoms with Gasteiger partial charge in [-0.1, -0.05) is 48.0 Å². The van der Waals surface area contributed by atoms with Gasteiger partial charge >= 0.3 is 0 Å². The fourth-order valence-electron chi connectivity index (χ4n) is 2.40. The summed E-state index contributed by atoms with van der Waals surface area (Å²) < 4.78 is 4.76. The Morgan fingerprint density at radius 2 is 1.83 bits per heavy atom. The first-order chi connectivity index (χ1) is 11.7. The molecular formula is C20H22O3S. The minimum atomic E-state index is 0.150. The lowest BCUT2D eigenvalue weighted by atomic mass is 10.0. The number of rotatable bonds is 10. The van der Waals surface area contributed by atoms with E-state index < -0.39 is 0 Å². The van der Waals surface area contributed by atoms with E-state index in [9.17, 15) is 9.59 Å². The molecule has 1 unspecified atom stereocenters. The first kappa shape index (κ1) is 18.3. The van der Waals surface area contributed by atoms with Crippen molar-refractivity contribution in [2.24, 2.45) is 0 Å². The van der Waals surface area contributed by atoms with Gasteiger partial charge < -0.3 is 4.74 Å². The maximum atomic E-state index is 12.5. The number of aryl methyl sites for hydroxylation is 1. The molecule has 2 rings (SSSR count). The van der Waals surface area contributed by atoms with Gasteiger partial charge in [-0.05, 0) is 31.9 Å². The highest BCUT2D eigenvalue weighted by atomic mass is 32.2. The monoisotopic (exact) mass is 342 g/mol. The van der Waals surface area contributed by atoms with Crippen LogP contribution in [0.25, 0.3) is 0 Å². The Kier molecular flexibility index (Phi) is 7.56. The van der Waals surface area contributed by atoms with Crippen LogP contribution in [0.2, 0.25) is 0 Å². The van der Waals surface area contributed by atoms with E-state index in [1.54, 1.807) is 11.8 Å². The van der Waals surface area contributed by atoms with Crippen molar-refractivity contribution in [3.05, 3.63) is 65.7 Å². The fourth-order valence-corrected chi connectivity index (χ4v) is 3.60. The second-order valence-corrected chi connectivity index (χ2v) is 7.03. The van der Waals surface area contributed by atoms with Crippen molar-refractivity contribution in [1.29, 1.82) is 0 Å². The van der Waals surface area contributed by atoms with Crippen molar-refractivity contribution in [2.45, 2.75) is 36.3 Å². The number of thioether (sulfide) groups is 1. The van der Waals surface area contributed by atoms with Gasteiger partial charge in [-0.15, -0.1) is 11.8 Å². The first-order valence-electron chi connectivity index (χ1n) is 8.06. The standard InChI is InChI=1S/C20H22O3S/c1-16-9-11-18(12-10-16)24-19(8-5-13-23-15-21)14-20(22)17-6-3-2-4-7-17/h2-4,6-7,9-12,15,19H,5,8,13-14H2,1H3. The average molecular weight is 342 g/mol. The maximum absolute atomic E-state index is 12.5. The van der Waals surface area contributed by atoms with Crippen LogP contribution in [0.4, 0.5) is 0 Å². The van der Waals surface area contributed by atoms with Crippen molar-refractivity contribution in [2.75, 3.05) is 6.61 Å². The Labute approximate surface area is 147 Å². The van der Waals surface area contributed by atoms with Gasteiger partial charge in [0.15, 0.2) is 5.78 Å². The Morgan fingerprint density at radius 1 is 1.12 bits per heavy atom. The zero-order valence-corrected chi connectivity index (χ0v) is 14.6. The van der Waals surface area contributed by atoms with E-state index in [1.807, 2.05) is 30.3 Å². The number of benzene rings is 2. The molecule has 126 valence electrons. The highest BCUT2D eigenvalue weighted by molar-refractivity contribution is 8.00. The van der Waals surface area contributed by atoms with Crippen LogP contribution in [0.15, 0.2) is 59.5 Å². The molecule has 0 N–H and O–H groups in total. The van der Waals surface area contributed by atoms with E-state index in [0.29, 0.717) is 19.5 Å². The highest BCUT2D eigenvalue weighted by Gasteiger charge is 2.16. The van der Waals surface area contributed by atoms with Crippen LogP contribution < -0.4 is 0 Å². The molecule has 0 aromatic heterocycles. The summed E-state index contributed by atoms with van der Waals surface area (Å²) in [5.74, 6) is 0.150. The average Bonchev–Trinajstić information content (AvgIpc) is 2.61. The third-order valence-corrected chi connectivity index (χ3v) is 4.97. The molecule has 0 aliphatic heterocycles. The lowest BCUT2D eigenvalue weighted by Crippen LogP contribution is -2.12. The highest BCUT2D eigenvalue weighted by Crippen LogP contribution is 2.29. The van der Waals surface area contributed by atoms with Crippen LogP contribution in [-0.4, -0.2) is 24.1 Å². The molecule has 2 aromatic carbocycles. The molecule has 0 fully saturated rings. The second-order valence-electron chi connectivity index (χ2n) is 5.66. The van der Waals surface area contributed by atoms with Crippen molar-refractivity contribution in [1.82, 2.24) is 0 Å². The lowest BCUT2D eigenvalue weighted by molar-refractivity contribution is -0.128. The van der Waals surface area contributed by atoms with Gasteiger partial charge in [0.1, 0.15) is 0 Å². The topological polar surface area (TPSA) is 43.4 Å². The SMILES string of the molecule is Cc1ccc(SC(CCCOC=O)CC(=O)c2ccccc2)cc1. The molecule has 0 saturated carbocycles. The van der Waals surface area contributed by atoms with Crippen LogP contribution in [-0.2, 0) is 9.53 Å². The minimum absolute atomic E-state index is 0.150. The van der Waals surface area contributed by atoms with E-state index in [0.717, 1.165) is 23.3 Å². The summed E-state index contributed by atoms with van der Waals surface area (Å²) in [4.78, 5) is 23.9. The Balaban J connectivity index is 1.99. The molecule has 0 bridgehead atoms. The molecule has 3 nitrogen and oxygen atoms in total. The van der Waals surface area contributed by atoms with Gasteiger partial charge in [0.25, 0.3) is 6.47 Å². The number of carbonyl (C=O) groups excluding carboxylic acids is 2. The first-order valence-corrected chi connectivity index (χ1v) is 8.94. The Hall–Kier alpha value is -2.07. The van der Waals surface area contributed by atoms with Crippen LogP contribution >= 0.6 is 11.8 Å². The number of ether oxygens (including phenoxy) is 1. The predicted molar refractivity (Wildman–Crippen MR) is 97.5 cm³/mol. The molecule has 0 radical (unpaired) electrons. The van der Waals surface area contributed by atoms with E-state index in [1.165, 1.54) is 5.56 Å². The van der Waals surface area contributed by atoms with Gasteiger partial charge in [0, 0.05) is 22.1 Å². The van der Waals surface area contributed by atoms with E-state index in [4.69, 9.17) is 4.74 Å². The lowest BCUT2D eigenvalue weighted by Gasteiger charge is -2.16. The zero-order valence-electron chi connectivity index (χ0n) is 13.8. The summed E-state index contributed by atoms with van der Waals surface area (Å²) in [5.41, 5.74) is 1.96. The molecule has 0 saturated heterocycles. The van der Waals surface area contributed by atoms with Gasteiger partial charge in [0.05, 0.1) is 6.61 Å². The number of carbonyl (C=O) groups is 2. The molecule has 0 heterocycles. The maximum Gasteiger partial charge on any atom is 0.293 e. The summed E-state index contributed by atoms with van der Waals surface area (Å²) >= 11 is 1.71. The quantitative estimate of drug-likeness (QED) is 0.272. The van der Waals surface area contributed by atoms with Gasteiger partial charge in [-0.25, -0.2) is 0 Å². The number of hydrogen-bond donors (Lipinski definition) is 0. The zero-order chi connectivity index (χ0) is 17.2. The second kappa shape index (κ2) is 9.93. The summed E-state index contributed by atoms with van der Waals surface area (Å²) in [6.07, 6.45) is 2.05. The molecular weight excluding hydrogens is 320 g/mol. The van der Waals surface area contributed by atoms with Crippen molar-refractivity contribution < 1.29 is 14.3 Å². The third kappa shape index (κ3) is 6.20. The van der Waals surface area contributed by atoms with E-state index >= 15 is 0 Å². The largest absolute Gasteiger partial charge is 0.468 e. The molecule has 0 aliphatic rings. The summed E-state index contributed by atoms with van der Waals surface area (Å²) in [7, 11) is 0. The minimum Gasteiger partial charge on any atom is -0.468 e. The Bertz CT molecular complexity index is 638. The summed E-state index contributed by atoms with van der Waals surface area (Å²) in [6.45, 7) is 2.92. The smallest absolute Gasteiger partial charge is 0.293 e. The fraction of sp³-hybridized carbons (Fsp3) is 0.300. The van der Waals surface area contributed by atoms with Gasteiger partial charge in [-0.3, -0.25) is 9.59 Å². The van der Waals surface area contributed by atoms with Crippen LogP contribution in [0.5, 0.6) is 0 Å². The van der Waals surface area contributed by atoms with Crippen LogP contribution in [0, 0.1) is 6.92 Å². The molecule has 2 aromatic rings. The number of ketones is 1. The van der Waals surface area contributed by atoms with Crippen molar-refractivity contribution >= 4 is 24.0 Å². The van der Waals surface area contributed by atoms with Crippen molar-refractivity contribution in [3.63, 3.8) is 0 Å². The van der Waals surface area contributed by atoms with E-state index in [2.05, 4.69) is 31.2 Å². The van der Waals surface area contributed by atoms with Crippen LogP contribution in [0.3, 0.4) is 0 Å².